The van der Waals surface area contributed by atoms with Crippen LogP contribution in [0.4, 0.5) is 0 Å². The van der Waals surface area contributed by atoms with Gasteiger partial charge in [-0.15, -0.1) is 0 Å². The molecule has 13 heavy (non-hydrogen) atoms. The van der Waals surface area contributed by atoms with Gasteiger partial charge in [-0.1, -0.05) is 0 Å². The van der Waals surface area contributed by atoms with E-state index in [2.05, 4.69) is 0 Å². The predicted octanol–water partition coefficient (Wildman–Crippen LogP) is 0.403. The molecule has 2 N–H and O–H groups in total. The maximum Gasteiger partial charge on any atom is 0.0704 e. The molecule has 0 fully saturated rings. The van der Waals surface area contributed by atoms with E-state index in [9.17, 15) is 0 Å². The second-order valence-corrected chi connectivity index (χ2v) is 2.86. The summed E-state index contributed by atoms with van der Waals surface area (Å²) >= 11 is 0. The highest BCUT2D eigenvalue weighted by Gasteiger charge is 2.00. The van der Waals surface area contributed by atoms with E-state index >= 15 is 0 Å². The van der Waals surface area contributed by atoms with Crippen molar-refractivity contribution >= 4 is 0 Å². The standard InChI is InChI=1S/C9H21NO3/c1-9(3-5-11-2)13-8-7-12-6-4-10/h9H,3-8,10H2,1-2H3. The summed E-state index contributed by atoms with van der Waals surface area (Å²) in [6, 6.07) is 0. The van der Waals surface area contributed by atoms with Gasteiger partial charge in [0.25, 0.3) is 0 Å². The van der Waals surface area contributed by atoms with Gasteiger partial charge in [-0.05, 0) is 13.3 Å². The van der Waals surface area contributed by atoms with Crippen molar-refractivity contribution in [2.45, 2.75) is 19.4 Å². The van der Waals surface area contributed by atoms with Crippen LogP contribution in [-0.4, -0.2) is 46.2 Å². The average molecular weight is 191 g/mol. The molecule has 0 aromatic heterocycles. The van der Waals surface area contributed by atoms with Crippen LogP contribution in [0.15, 0.2) is 0 Å². The van der Waals surface area contributed by atoms with Crippen LogP contribution in [0.5, 0.6) is 0 Å². The lowest BCUT2D eigenvalue weighted by Gasteiger charge is -2.12. The fraction of sp³-hybridized carbons (Fsp3) is 1.00. The molecule has 0 aliphatic rings. The summed E-state index contributed by atoms with van der Waals surface area (Å²) in [5.41, 5.74) is 5.25. The van der Waals surface area contributed by atoms with Gasteiger partial charge < -0.3 is 19.9 Å². The van der Waals surface area contributed by atoms with Gasteiger partial charge in [-0.2, -0.15) is 0 Å². The number of hydrogen-bond donors (Lipinski definition) is 1. The Labute approximate surface area is 80.3 Å². The quantitative estimate of drug-likeness (QED) is 0.536. The number of methoxy groups -OCH3 is 1. The van der Waals surface area contributed by atoms with E-state index in [0.717, 1.165) is 13.0 Å². The first-order chi connectivity index (χ1) is 6.31. The highest BCUT2D eigenvalue weighted by molar-refractivity contribution is 4.48. The summed E-state index contributed by atoms with van der Waals surface area (Å²) in [6.07, 6.45) is 1.16. The van der Waals surface area contributed by atoms with Crippen LogP contribution >= 0.6 is 0 Å². The van der Waals surface area contributed by atoms with Gasteiger partial charge in [0.2, 0.25) is 0 Å². The zero-order chi connectivity index (χ0) is 9.94. The molecule has 0 radical (unpaired) electrons. The second-order valence-electron chi connectivity index (χ2n) is 2.86. The lowest BCUT2D eigenvalue weighted by molar-refractivity contribution is 0.00181. The Morgan fingerprint density at radius 2 is 1.92 bits per heavy atom. The van der Waals surface area contributed by atoms with Crippen LogP contribution < -0.4 is 5.73 Å². The van der Waals surface area contributed by atoms with Gasteiger partial charge >= 0.3 is 0 Å². The largest absolute Gasteiger partial charge is 0.385 e. The predicted molar refractivity (Wildman–Crippen MR) is 51.8 cm³/mol. The molecule has 1 unspecified atom stereocenters. The molecule has 0 aromatic carbocycles. The lowest BCUT2D eigenvalue weighted by Crippen LogP contribution is -2.16. The monoisotopic (exact) mass is 191 g/mol. The Morgan fingerprint density at radius 1 is 1.15 bits per heavy atom. The Kier molecular flexibility index (Phi) is 9.80. The minimum Gasteiger partial charge on any atom is -0.385 e. The molecular weight excluding hydrogens is 170 g/mol. The smallest absolute Gasteiger partial charge is 0.0704 e. The molecule has 0 spiro atoms. The topological polar surface area (TPSA) is 53.7 Å². The average Bonchev–Trinajstić information content (AvgIpc) is 2.14. The van der Waals surface area contributed by atoms with Gasteiger partial charge in [0, 0.05) is 20.3 Å². The van der Waals surface area contributed by atoms with Crippen molar-refractivity contribution in [3.05, 3.63) is 0 Å². The number of ether oxygens (including phenoxy) is 3. The molecular formula is C9H21NO3. The fourth-order valence-corrected chi connectivity index (χ4v) is 0.861. The van der Waals surface area contributed by atoms with Crippen molar-refractivity contribution in [3.8, 4) is 0 Å². The summed E-state index contributed by atoms with van der Waals surface area (Å²) < 4.78 is 15.5. The Balaban J connectivity index is 3.03. The molecule has 0 saturated heterocycles. The van der Waals surface area contributed by atoms with E-state index in [1.165, 1.54) is 0 Å². The van der Waals surface area contributed by atoms with E-state index in [1.54, 1.807) is 7.11 Å². The van der Waals surface area contributed by atoms with Crippen molar-refractivity contribution in [2.75, 3.05) is 40.1 Å². The maximum absolute atomic E-state index is 5.44. The van der Waals surface area contributed by atoms with E-state index in [-0.39, 0.29) is 6.10 Å². The van der Waals surface area contributed by atoms with Crippen LogP contribution in [-0.2, 0) is 14.2 Å². The highest BCUT2D eigenvalue weighted by atomic mass is 16.5. The Morgan fingerprint density at radius 3 is 2.54 bits per heavy atom. The molecule has 0 bridgehead atoms. The molecule has 0 saturated carbocycles. The third-order valence-electron chi connectivity index (χ3n) is 1.62. The van der Waals surface area contributed by atoms with Crippen LogP contribution in [0, 0.1) is 0 Å². The van der Waals surface area contributed by atoms with E-state index in [4.69, 9.17) is 19.9 Å². The van der Waals surface area contributed by atoms with Crippen molar-refractivity contribution in [1.29, 1.82) is 0 Å². The molecule has 0 amide bonds. The van der Waals surface area contributed by atoms with Crippen molar-refractivity contribution in [2.24, 2.45) is 5.73 Å². The minimum atomic E-state index is 0.237. The number of rotatable bonds is 9. The van der Waals surface area contributed by atoms with Crippen LogP contribution in [0.25, 0.3) is 0 Å². The summed E-state index contributed by atoms with van der Waals surface area (Å²) in [7, 11) is 1.69. The SMILES string of the molecule is COCCC(C)OCCOCCN. The Bertz CT molecular complexity index is 101. The van der Waals surface area contributed by atoms with Crippen LogP contribution in [0.1, 0.15) is 13.3 Å². The van der Waals surface area contributed by atoms with Crippen molar-refractivity contribution in [1.82, 2.24) is 0 Å². The van der Waals surface area contributed by atoms with Gasteiger partial charge in [-0.3, -0.25) is 0 Å². The Hall–Kier alpha value is -0.160. The van der Waals surface area contributed by atoms with Crippen LogP contribution in [0.2, 0.25) is 0 Å². The fourth-order valence-electron chi connectivity index (χ4n) is 0.861. The zero-order valence-corrected chi connectivity index (χ0v) is 8.62. The lowest BCUT2D eigenvalue weighted by atomic mass is 10.3. The molecule has 1 atom stereocenters. The van der Waals surface area contributed by atoms with Crippen molar-refractivity contribution in [3.63, 3.8) is 0 Å². The van der Waals surface area contributed by atoms with E-state index in [1.807, 2.05) is 6.92 Å². The van der Waals surface area contributed by atoms with E-state index < -0.39 is 0 Å². The minimum absolute atomic E-state index is 0.237. The molecule has 80 valence electrons. The van der Waals surface area contributed by atoms with Gasteiger partial charge in [0.15, 0.2) is 0 Å². The molecule has 4 nitrogen and oxygen atoms in total. The highest BCUT2D eigenvalue weighted by Crippen LogP contribution is 1.96. The first-order valence-electron chi connectivity index (χ1n) is 4.69. The summed E-state index contributed by atoms with van der Waals surface area (Å²) in [6.45, 7) is 5.20. The van der Waals surface area contributed by atoms with Gasteiger partial charge in [-0.25, -0.2) is 0 Å². The first kappa shape index (κ1) is 12.8. The molecule has 4 heteroatoms. The molecule has 0 aliphatic carbocycles. The normalized spacial score (nSPS) is 13.2. The van der Waals surface area contributed by atoms with Gasteiger partial charge in [0.05, 0.1) is 25.9 Å². The zero-order valence-electron chi connectivity index (χ0n) is 8.62. The summed E-state index contributed by atoms with van der Waals surface area (Å²) in [5, 5.41) is 0. The van der Waals surface area contributed by atoms with E-state index in [0.29, 0.717) is 26.4 Å². The molecule has 0 heterocycles. The van der Waals surface area contributed by atoms with Gasteiger partial charge in [0.1, 0.15) is 0 Å². The summed E-state index contributed by atoms with van der Waals surface area (Å²) in [4.78, 5) is 0. The van der Waals surface area contributed by atoms with Crippen LogP contribution in [0.3, 0.4) is 0 Å². The molecule has 0 aliphatic heterocycles. The molecule has 0 rings (SSSR count). The number of nitrogens with two attached hydrogens (primary N) is 1. The third-order valence-corrected chi connectivity index (χ3v) is 1.62. The maximum atomic E-state index is 5.44. The third kappa shape index (κ3) is 9.76. The van der Waals surface area contributed by atoms with Crippen molar-refractivity contribution < 1.29 is 14.2 Å². The molecule has 0 aromatic rings. The summed E-state index contributed by atoms with van der Waals surface area (Å²) in [5.74, 6) is 0. The number of hydrogen-bond acceptors (Lipinski definition) is 4. The second kappa shape index (κ2) is 9.92. The first-order valence-corrected chi connectivity index (χ1v) is 4.69.